The van der Waals surface area contributed by atoms with Gasteiger partial charge in [-0.25, -0.2) is 0 Å². The molecule has 18 heavy (non-hydrogen) atoms. The monoisotopic (exact) mass is 246 g/mol. The third kappa shape index (κ3) is 1.64. The molecule has 0 radical (unpaired) electrons. The van der Waals surface area contributed by atoms with E-state index in [9.17, 15) is 9.90 Å². The predicted molar refractivity (Wildman–Crippen MR) is 67.9 cm³/mol. The van der Waals surface area contributed by atoms with Crippen molar-refractivity contribution in [2.24, 2.45) is 17.6 Å². The first-order chi connectivity index (χ1) is 8.60. The van der Waals surface area contributed by atoms with E-state index in [0.29, 0.717) is 0 Å². The van der Waals surface area contributed by atoms with Gasteiger partial charge in [-0.2, -0.15) is 0 Å². The van der Waals surface area contributed by atoms with Crippen LogP contribution in [0.25, 0.3) is 0 Å². The van der Waals surface area contributed by atoms with Gasteiger partial charge in [0.1, 0.15) is 5.54 Å². The summed E-state index contributed by atoms with van der Waals surface area (Å²) in [5, 5.41) is 9.23. The van der Waals surface area contributed by atoms with Crippen LogP contribution in [0.2, 0.25) is 0 Å². The van der Waals surface area contributed by atoms with Crippen LogP contribution in [0.4, 0.5) is 0 Å². The van der Waals surface area contributed by atoms with E-state index in [1.54, 1.807) is 0 Å². The van der Waals surface area contributed by atoms with Crippen molar-refractivity contribution in [3.8, 4) is 0 Å². The van der Waals surface area contributed by atoms with E-state index < -0.39 is 11.5 Å². The maximum Gasteiger partial charge on any atom is 0.324 e. The molecule has 3 N–H and O–H groups in total. The maximum atomic E-state index is 11.2. The molecule has 1 aromatic rings. The summed E-state index contributed by atoms with van der Waals surface area (Å²) in [7, 11) is 0. The first-order valence-electron chi connectivity index (χ1n) is 6.39. The summed E-state index contributed by atoms with van der Waals surface area (Å²) in [6.45, 7) is 2.49. The lowest BCUT2D eigenvalue weighted by Crippen LogP contribution is -2.74. The van der Waals surface area contributed by atoms with E-state index >= 15 is 0 Å². The van der Waals surface area contributed by atoms with E-state index in [0.717, 1.165) is 26.1 Å². The minimum Gasteiger partial charge on any atom is -0.480 e. The van der Waals surface area contributed by atoms with Crippen molar-refractivity contribution in [1.82, 2.24) is 4.90 Å². The first kappa shape index (κ1) is 11.7. The molecule has 2 bridgehead atoms. The number of hydrogen-bond donors (Lipinski definition) is 2. The van der Waals surface area contributed by atoms with Crippen LogP contribution in [0.1, 0.15) is 12.0 Å². The van der Waals surface area contributed by atoms with Crippen LogP contribution in [-0.4, -0.2) is 34.6 Å². The summed E-state index contributed by atoms with van der Waals surface area (Å²) in [6.07, 6.45) is 0.966. The highest BCUT2D eigenvalue weighted by Gasteiger charge is 2.61. The number of nitrogens with two attached hydrogens (primary N) is 1. The van der Waals surface area contributed by atoms with Gasteiger partial charge in [0.25, 0.3) is 0 Å². The van der Waals surface area contributed by atoms with Crippen molar-refractivity contribution in [3.63, 3.8) is 0 Å². The molecule has 1 aromatic carbocycles. The molecule has 4 heteroatoms. The zero-order valence-corrected chi connectivity index (χ0v) is 10.2. The minimum atomic E-state index is -0.965. The third-order valence-corrected chi connectivity index (χ3v) is 4.50. The number of carboxylic acid groups (broad SMARTS) is 1. The number of carbonyl (C=O) groups is 1. The highest BCUT2D eigenvalue weighted by Crippen LogP contribution is 2.47. The normalized spacial score (nSPS) is 34.9. The Bertz CT molecular complexity index is 448. The van der Waals surface area contributed by atoms with Crippen molar-refractivity contribution in [1.29, 1.82) is 0 Å². The number of fused-ring (bicyclic) bond motifs is 2. The zero-order chi connectivity index (χ0) is 12.8. The van der Waals surface area contributed by atoms with E-state index in [1.165, 1.54) is 5.56 Å². The average Bonchev–Trinajstić information content (AvgIpc) is 2.38. The van der Waals surface area contributed by atoms with Gasteiger partial charge in [0, 0.05) is 31.5 Å². The Kier molecular flexibility index (Phi) is 2.64. The fraction of sp³-hybridized carbons (Fsp3) is 0.500. The van der Waals surface area contributed by atoms with Gasteiger partial charge in [-0.1, -0.05) is 30.3 Å². The van der Waals surface area contributed by atoms with Crippen LogP contribution >= 0.6 is 0 Å². The van der Waals surface area contributed by atoms with Crippen LogP contribution in [0, 0.1) is 11.8 Å². The number of hydrogen-bond acceptors (Lipinski definition) is 3. The molecule has 4 nitrogen and oxygen atoms in total. The Morgan fingerprint density at radius 2 is 1.94 bits per heavy atom. The van der Waals surface area contributed by atoms with Crippen molar-refractivity contribution in [2.45, 2.75) is 18.5 Å². The molecule has 96 valence electrons. The molecule has 0 aromatic heterocycles. The molecule has 3 aliphatic rings. The van der Waals surface area contributed by atoms with Gasteiger partial charge in [0.05, 0.1) is 0 Å². The number of benzene rings is 1. The number of piperidine rings is 2. The van der Waals surface area contributed by atoms with E-state index in [-0.39, 0.29) is 11.8 Å². The van der Waals surface area contributed by atoms with Gasteiger partial charge in [-0.15, -0.1) is 0 Å². The fourth-order valence-corrected chi connectivity index (χ4v) is 3.38. The standard InChI is InChI=1S/C14H18N2O2/c15-14(13(17)18)11-6-12(14)9-16(8-11)7-10-4-2-1-3-5-10/h1-5,11-12H,6-9,15H2,(H,17,18)/t11-,12-/m0/s1. The number of rotatable bonds is 3. The topological polar surface area (TPSA) is 66.6 Å². The van der Waals surface area contributed by atoms with Crippen LogP contribution < -0.4 is 5.73 Å². The van der Waals surface area contributed by atoms with E-state index in [1.807, 2.05) is 18.2 Å². The van der Waals surface area contributed by atoms with E-state index in [4.69, 9.17) is 5.73 Å². The van der Waals surface area contributed by atoms with E-state index in [2.05, 4.69) is 17.0 Å². The summed E-state index contributed by atoms with van der Waals surface area (Å²) in [4.78, 5) is 13.6. The number of aliphatic carboxylic acids is 1. The average molecular weight is 246 g/mol. The molecule has 2 heterocycles. The van der Waals surface area contributed by atoms with Gasteiger partial charge in [0.15, 0.2) is 0 Å². The largest absolute Gasteiger partial charge is 0.480 e. The molecular formula is C14H18N2O2. The summed E-state index contributed by atoms with van der Waals surface area (Å²) in [5.74, 6) is -0.613. The lowest BCUT2D eigenvalue weighted by molar-refractivity contribution is -0.165. The Morgan fingerprint density at radius 3 is 2.50 bits per heavy atom. The molecule has 0 amide bonds. The summed E-state index contributed by atoms with van der Waals surface area (Å²) < 4.78 is 0. The maximum absolute atomic E-state index is 11.2. The van der Waals surface area contributed by atoms with Crippen LogP contribution in [-0.2, 0) is 11.3 Å². The molecule has 1 aliphatic carbocycles. The molecular weight excluding hydrogens is 228 g/mol. The van der Waals surface area contributed by atoms with Crippen LogP contribution in [0.3, 0.4) is 0 Å². The van der Waals surface area contributed by atoms with Crippen molar-refractivity contribution in [3.05, 3.63) is 35.9 Å². The lowest BCUT2D eigenvalue weighted by atomic mass is 9.56. The molecule has 0 unspecified atom stereocenters. The zero-order valence-electron chi connectivity index (χ0n) is 10.2. The van der Waals surface area contributed by atoms with Crippen molar-refractivity contribution in [2.75, 3.05) is 13.1 Å². The molecule has 3 fully saturated rings. The Balaban J connectivity index is 1.66. The van der Waals surface area contributed by atoms with Gasteiger partial charge >= 0.3 is 5.97 Å². The summed E-state index contributed by atoms with van der Waals surface area (Å²) in [6, 6.07) is 10.3. The van der Waals surface area contributed by atoms with Gasteiger partial charge in [-0.05, 0) is 12.0 Å². The minimum absolute atomic E-state index is 0.109. The van der Waals surface area contributed by atoms with Crippen LogP contribution in [0.5, 0.6) is 0 Å². The highest BCUT2D eigenvalue weighted by atomic mass is 16.4. The molecule has 2 aliphatic heterocycles. The molecule has 2 atom stereocenters. The third-order valence-electron chi connectivity index (χ3n) is 4.50. The lowest BCUT2D eigenvalue weighted by Gasteiger charge is -2.58. The smallest absolute Gasteiger partial charge is 0.324 e. The van der Waals surface area contributed by atoms with Gasteiger partial charge < -0.3 is 10.8 Å². The molecule has 4 rings (SSSR count). The van der Waals surface area contributed by atoms with Gasteiger partial charge in [-0.3, -0.25) is 9.69 Å². The second-order valence-corrected chi connectivity index (χ2v) is 5.55. The highest BCUT2D eigenvalue weighted by molar-refractivity contribution is 5.81. The van der Waals surface area contributed by atoms with Crippen molar-refractivity contribution < 1.29 is 9.90 Å². The quantitative estimate of drug-likeness (QED) is 0.832. The fourth-order valence-electron chi connectivity index (χ4n) is 3.38. The summed E-state index contributed by atoms with van der Waals surface area (Å²) >= 11 is 0. The first-order valence-corrected chi connectivity index (χ1v) is 6.39. The molecule has 0 spiro atoms. The SMILES string of the molecule is NC1(C(=O)O)[C@H]2C[C@H]1CN(Cc1ccccc1)C2. The predicted octanol–water partition coefficient (Wildman–Crippen LogP) is 0.920. The molecule has 2 saturated heterocycles. The molecule has 1 saturated carbocycles. The van der Waals surface area contributed by atoms with Gasteiger partial charge in [0.2, 0.25) is 0 Å². The Hall–Kier alpha value is -1.39. The second-order valence-electron chi connectivity index (χ2n) is 5.55. The Labute approximate surface area is 106 Å². The number of carboxylic acids is 1. The second kappa shape index (κ2) is 4.07. The number of nitrogens with zero attached hydrogens (tertiary/aromatic N) is 1. The Morgan fingerprint density at radius 1 is 1.33 bits per heavy atom. The summed E-state index contributed by atoms with van der Waals surface area (Å²) in [5.41, 5.74) is 6.33. The van der Waals surface area contributed by atoms with Crippen LogP contribution in [0.15, 0.2) is 30.3 Å². The van der Waals surface area contributed by atoms with Crippen molar-refractivity contribution >= 4 is 5.97 Å².